The van der Waals surface area contributed by atoms with E-state index in [1.54, 1.807) is 0 Å². The second-order valence-corrected chi connectivity index (χ2v) is 6.27. The van der Waals surface area contributed by atoms with E-state index in [4.69, 9.17) is 0 Å². The number of benzene rings is 1. The van der Waals surface area contributed by atoms with Crippen molar-refractivity contribution in [2.24, 2.45) is 0 Å². The Morgan fingerprint density at radius 1 is 1.29 bits per heavy atom. The summed E-state index contributed by atoms with van der Waals surface area (Å²) in [5, 5.41) is 3.96. The van der Waals surface area contributed by atoms with E-state index >= 15 is 0 Å². The highest BCUT2D eigenvalue weighted by Gasteiger charge is 2.30. The van der Waals surface area contributed by atoms with Crippen LogP contribution in [0.1, 0.15) is 45.1 Å². The minimum absolute atomic E-state index is 0.277. The first-order valence-corrected chi connectivity index (χ1v) is 7.96. The van der Waals surface area contributed by atoms with Gasteiger partial charge in [0.25, 0.3) is 0 Å². The Hall–Kier alpha value is -1.30. The topological polar surface area (TPSA) is 24.9 Å². The molecule has 0 spiro atoms. The molecule has 0 radical (unpaired) electrons. The van der Waals surface area contributed by atoms with Gasteiger partial charge in [0.1, 0.15) is 0 Å². The highest BCUT2D eigenvalue weighted by atomic mass is 32.1. The number of halogens is 3. The first-order valence-electron chi connectivity index (χ1n) is 7.14. The fourth-order valence-corrected chi connectivity index (χ4v) is 3.11. The lowest BCUT2D eigenvalue weighted by Crippen LogP contribution is -2.14. The van der Waals surface area contributed by atoms with Crippen LogP contribution in [-0.4, -0.2) is 11.0 Å². The van der Waals surface area contributed by atoms with E-state index in [2.05, 4.69) is 24.1 Å². The Morgan fingerprint density at radius 3 is 2.71 bits per heavy atom. The highest BCUT2D eigenvalue weighted by molar-refractivity contribution is 7.22. The molecule has 1 atom stereocenters. The zero-order valence-electron chi connectivity index (χ0n) is 12.1. The molecule has 2 rings (SSSR count). The first-order chi connectivity index (χ1) is 9.90. The van der Waals surface area contributed by atoms with Crippen molar-refractivity contribution in [3.8, 4) is 0 Å². The van der Waals surface area contributed by atoms with Crippen molar-refractivity contribution in [2.45, 2.75) is 51.7 Å². The molecule has 1 aromatic heterocycles. The molecule has 6 heteroatoms. The van der Waals surface area contributed by atoms with Crippen LogP contribution in [0.4, 0.5) is 18.3 Å². The van der Waals surface area contributed by atoms with Crippen LogP contribution < -0.4 is 5.32 Å². The van der Waals surface area contributed by atoms with Gasteiger partial charge in [0, 0.05) is 6.04 Å². The molecule has 0 amide bonds. The molecular formula is C15H19F3N2S. The summed E-state index contributed by atoms with van der Waals surface area (Å²) in [5.41, 5.74) is -0.249. The molecule has 0 saturated heterocycles. The molecular weight excluding hydrogens is 297 g/mol. The van der Waals surface area contributed by atoms with E-state index in [0.29, 0.717) is 10.6 Å². The van der Waals surface area contributed by atoms with E-state index in [9.17, 15) is 13.2 Å². The summed E-state index contributed by atoms with van der Waals surface area (Å²) in [5.74, 6) is 0. The Morgan fingerprint density at radius 2 is 2.05 bits per heavy atom. The van der Waals surface area contributed by atoms with Crippen LogP contribution in [0.5, 0.6) is 0 Å². The van der Waals surface area contributed by atoms with Crippen LogP contribution in [-0.2, 0) is 6.18 Å². The van der Waals surface area contributed by atoms with Crippen molar-refractivity contribution < 1.29 is 13.2 Å². The largest absolute Gasteiger partial charge is 0.416 e. The maximum atomic E-state index is 12.7. The van der Waals surface area contributed by atoms with E-state index in [1.165, 1.54) is 30.2 Å². The van der Waals surface area contributed by atoms with Gasteiger partial charge in [-0.15, -0.1) is 0 Å². The molecule has 1 aromatic carbocycles. The number of hydrogen-bond acceptors (Lipinski definition) is 3. The predicted octanol–water partition coefficient (Wildman–Crippen LogP) is 5.70. The van der Waals surface area contributed by atoms with Crippen LogP contribution in [0, 0.1) is 0 Å². The third-order valence-electron chi connectivity index (χ3n) is 3.33. The third kappa shape index (κ3) is 4.33. The second kappa shape index (κ2) is 6.64. The van der Waals surface area contributed by atoms with Gasteiger partial charge in [0.15, 0.2) is 5.13 Å². The van der Waals surface area contributed by atoms with Crippen molar-refractivity contribution in [1.29, 1.82) is 0 Å². The van der Waals surface area contributed by atoms with Gasteiger partial charge in [0.05, 0.1) is 15.8 Å². The molecule has 0 aliphatic carbocycles. The number of nitrogens with zero attached hydrogens (tertiary/aromatic N) is 1. The average Bonchev–Trinajstić information content (AvgIpc) is 2.78. The zero-order valence-corrected chi connectivity index (χ0v) is 12.9. The molecule has 2 aromatic rings. The summed E-state index contributed by atoms with van der Waals surface area (Å²) in [6.07, 6.45) is 0.235. The zero-order chi connectivity index (χ0) is 15.5. The van der Waals surface area contributed by atoms with Crippen LogP contribution in [0.3, 0.4) is 0 Å². The molecule has 116 valence electrons. The number of hydrogen-bond donors (Lipinski definition) is 1. The number of rotatable bonds is 6. The normalized spacial score (nSPS) is 13.6. The number of nitrogens with one attached hydrogen (secondary N) is 1. The third-order valence-corrected chi connectivity index (χ3v) is 4.29. The summed E-state index contributed by atoms with van der Waals surface area (Å²) in [4.78, 5) is 4.26. The number of unbranched alkanes of at least 4 members (excludes halogenated alkanes) is 2. The van der Waals surface area contributed by atoms with E-state index in [0.717, 1.165) is 29.7 Å². The quantitative estimate of drug-likeness (QED) is 0.692. The Balaban J connectivity index is 2.08. The number of anilines is 1. The van der Waals surface area contributed by atoms with Gasteiger partial charge < -0.3 is 5.32 Å². The van der Waals surface area contributed by atoms with Gasteiger partial charge in [0.2, 0.25) is 0 Å². The van der Waals surface area contributed by atoms with E-state index < -0.39 is 11.7 Å². The Labute approximate surface area is 126 Å². The van der Waals surface area contributed by atoms with Crippen molar-refractivity contribution in [2.75, 3.05) is 5.32 Å². The van der Waals surface area contributed by atoms with Crippen LogP contribution in [0.25, 0.3) is 10.2 Å². The summed E-state index contributed by atoms with van der Waals surface area (Å²) in [6.45, 7) is 4.23. The van der Waals surface area contributed by atoms with Gasteiger partial charge in [-0.3, -0.25) is 0 Å². The van der Waals surface area contributed by atoms with Crippen LogP contribution in [0.15, 0.2) is 18.2 Å². The lowest BCUT2D eigenvalue weighted by Gasteiger charge is -2.11. The van der Waals surface area contributed by atoms with Crippen molar-refractivity contribution >= 4 is 26.7 Å². The summed E-state index contributed by atoms with van der Waals surface area (Å²) >= 11 is 1.39. The van der Waals surface area contributed by atoms with Crippen molar-refractivity contribution in [3.05, 3.63) is 23.8 Å². The minimum atomic E-state index is -4.32. The number of alkyl halides is 3. The van der Waals surface area contributed by atoms with Gasteiger partial charge in [-0.05, 0) is 31.5 Å². The molecule has 0 fully saturated rings. The van der Waals surface area contributed by atoms with E-state index in [1.807, 2.05) is 0 Å². The second-order valence-electron chi connectivity index (χ2n) is 5.24. The first kappa shape index (κ1) is 16.1. The monoisotopic (exact) mass is 316 g/mol. The molecule has 0 bridgehead atoms. The molecule has 1 heterocycles. The van der Waals surface area contributed by atoms with Crippen LogP contribution in [0.2, 0.25) is 0 Å². The fraction of sp³-hybridized carbons (Fsp3) is 0.533. The average molecular weight is 316 g/mol. The Kier molecular flexibility index (Phi) is 5.08. The smallest absolute Gasteiger partial charge is 0.359 e. The molecule has 1 N–H and O–H groups in total. The van der Waals surface area contributed by atoms with Gasteiger partial charge >= 0.3 is 6.18 Å². The number of thiazole rings is 1. The van der Waals surface area contributed by atoms with E-state index in [-0.39, 0.29) is 6.04 Å². The maximum absolute atomic E-state index is 12.7. The van der Waals surface area contributed by atoms with Crippen LogP contribution >= 0.6 is 11.3 Å². The lowest BCUT2D eigenvalue weighted by molar-refractivity contribution is -0.137. The van der Waals surface area contributed by atoms with Crippen molar-refractivity contribution in [1.82, 2.24) is 4.98 Å². The molecule has 1 unspecified atom stereocenters. The number of fused-ring (bicyclic) bond motifs is 1. The molecule has 0 saturated carbocycles. The number of aromatic nitrogens is 1. The lowest BCUT2D eigenvalue weighted by atomic mass is 10.1. The van der Waals surface area contributed by atoms with Gasteiger partial charge in [-0.25, -0.2) is 4.98 Å². The SMILES string of the molecule is CCCCCC(C)Nc1nc2cc(C(F)(F)F)ccc2s1. The summed E-state index contributed by atoms with van der Waals surface area (Å²) < 4.78 is 38.8. The maximum Gasteiger partial charge on any atom is 0.416 e. The molecule has 21 heavy (non-hydrogen) atoms. The van der Waals surface area contributed by atoms with Crippen molar-refractivity contribution in [3.63, 3.8) is 0 Å². The predicted molar refractivity (Wildman–Crippen MR) is 81.8 cm³/mol. The summed E-state index contributed by atoms with van der Waals surface area (Å²) in [7, 11) is 0. The minimum Gasteiger partial charge on any atom is -0.359 e. The molecule has 0 aliphatic heterocycles. The Bertz CT molecular complexity index is 592. The van der Waals surface area contributed by atoms with Gasteiger partial charge in [-0.2, -0.15) is 13.2 Å². The fourth-order valence-electron chi connectivity index (χ4n) is 2.15. The summed E-state index contributed by atoms with van der Waals surface area (Å²) in [6, 6.07) is 3.98. The molecule has 0 aliphatic rings. The standard InChI is InChI=1S/C15H19F3N2S/c1-3-4-5-6-10(2)19-14-20-12-9-11(15(16,17)18)7-8-13(12)21-14/h7-10H,3-6H2,1-2H3,(H,19,20). The van der Waals surface area contributed by atoms with Gasteiger partial charge in [-0.1, -0.05) is 37.5 Å². The highest BCUT2D eigenvalue weighted by Crippen LogP contribution is 2.34. The molecule has 2 nitrogen and oxygen atoms in total.